The molecule has 2 heterocycles. The molecule has 1 aliphatic heterocycles. The average Bonchev–Trinajstić information content (AvgIpc) is 2.81. The number of rotatable bonds is 5. The Morgan fingerprint density at radius 2 is 2.32 bits per heavy atom. The maximum Gasteiger partial charge on any atom is 0.332 e. The van der Waals surface area contributed by atoms with Crippen LogP contribution in [0.3, 0.4) is 0 Å². The summed E-state index contributed by atoms with van der Waals surface area (Å²) in [5, 5.41) is 17.2. The van der Waals surface area contributed by atoms with Gasteiger partial charge >= 0.3 is 5.69 Å². The minimum absolute atomic E-state index is 0.0578. The number of hydrogen-bond acceptors (Lipinski definition) is 7. The van der Waals surface area contributed by atoms with Gasteiger partial charge in [0, 0.05) is 13.2 Å². The fourth-order valence-corrected chi connectivity index (χ4v) is 1.97. The fourth-order valence-electron chi connectivity index (χ4n) is 1.97. The van der Waals surface area contributed by atoms with E-state index in [4.69, 9.17) is 4.74 Å². The van der Waals surface area contributed by atoms with Gasteiger partial charge in [0.25, 0.3) is 0 Å². The molecule has 1 aliphatic rings. The smallest absolute Gasteiger partial charge is 0.332 e. The van der Waals surface area contributed by atoms with Gasteiger partial charge < -0.3 is 15.4 Å². The molecule has 19 heavy (non-hydrogen) atoms. The summed E-state index contributed by atoms with van der Waals surface area (Å²) in [5.74, 6) is 0.649. The van der Waals surface area contributed by atoms with Gasteiger partial charge in [-0.1, -0.05) is 0 Å². The molecule has 1 atom stereocenters. The molecule has 1 fully saturated rings. The second-order valence-corrected chi connectivity index (χ2v) is 4.32. The molecule has 1 saturated heterocycles. The van der Waals surface area contributed by atoms with Crippen LogP contribution in [-0.4, -0.2) is 40.7 Å². The quantitative estimate of drug-likeness (QED) is 0.612. The summed E-state index contributed by atoms with van der Waals surface area (Å²) >= 11 is 0. The third-order valence-electron chi connectivity index (χ3n) is 2.85. The minimum Gasteiger partial charge on any atom is -0.379 e. The van der Waals surface area contributed by atoms with E-state index in [1.165, 1.54) is 0 Å². The third-order valence-corrected chi connectivity index (χ3v) is 2.85. The van der Waals surface area contributed by atoms with E-state index in [2.05, 4.69) is 20.6 Å². The lowest BCUT2D eigenvalue weighted by Gasteiger charge is -2.13. The number of anilines is 2. The van der Waals surface area contributed by atoms with Crippen molar-refractivity contribution in [3.63, 3.8) is 0 Å². The molecule has 0 amide bonds. The Morgan fingerprint density at radius 1 is 1.53 bits per heavy atom. The van der Waals surface area contributed by atoms with Crippen molar-refractivity contribution in [2.75, 3.05) is 30.4 Å². The van der Waals surface area contributed by atoms with Crippen LogP contribution in [0.4, 0.5) is 17.5 Å². The number of nitro groups is 1. The summed E-state index contributed by atoms with van der Waals surface area (Å²) in [7, 11) is 0. The van der Waals surface area contributed by atoms with Crippen molar-refractivity contribution in [2.45, 2.75) is 26.3 Å². The number of hydrogen-bond donors (Lipinski definition) is 2. The molecule has 1 unspecified atom stereocenters. The summed E-state index contributed by atoms with van der Waals surface area (Å²) in [4.78, 5) is 18.9. The molecule has 8 heteroatoms. The number of nitrogens with one attached hydrogen (secondary N) is 2. The first-order valence-electron chi connectivity index (χ1n) is 6.23. The van der Waals surface area contributed by atoms with Crippen LogP contribution in [0.25, 0.3) is 0 Å². The van der Waals surface area contributed by atoms with Crippen molar-refractivity contribution in [1.29, 1.82) is 0 Å². The van der Waals surface area contributed by atoms with E-state index in [0.717, 1.165) is 6.42 Å². The summed E-state index contributed by atoms with van der Waals surface area (Å²) in [6.45, 7) is 5.38. The van der Waals surface area contributed by atoms with Crippen LogP contribution in [0, 0.1) is 17.0 Å². The van der Waals surface area contributed by atoms with E-state index >= 15 is 0 Å². The standard InChI is InChI=1S/C11H17N5O3/c1-3-12-11-13-7(2)9(16(17)18)10(15-11)14-8-4-5-19-6-8/h8H,3-6H2,1-2H3,(H2,12,13,14,15). The van der Waals surface area contributed by atoms with Gasteiger partial charge in [-0.3, -0.25) is 10.1 Å². The monoisotopic (exact) mass is 267 g/mol. The van der Waals surface area contributed by atoms with Gasteiger partial charge in [-0.05, 0) is 20.3 Å². The maximum atomic E-state index is 11.1. The summed E-state index contributed by atoms with van der Waals surface area (Å²) in [6, 6.07) is 0.0578. The van der Waals surface area contributed by atoms with E-state index in [1.807, 2.05) is 6.92 Å². The molecule has 2 rings (SSSR count). The zero-order valence-electron chi connectivity index (χ0n) is 11.0. The van der Waals surface area contributed by atoms with E-state index in [9.17, 15) is 10.1 Å². The Labute approximate surface area is 110 Å². The number of aryl methyl sites for hydroxylation is 1. The summed E-state index contributed by atoms with van der Waals surface area (Å²) in [6.07, 6.45) is 0.816. The Kier molecular flexibility index (Phi) is 4.10. The molecular weight excluding hydrogens is 250 g/mol. The van der Waals surface area contributed by atoms with E-state index < -0.39 is 4.92 Å². The zero-order chi connectivity index (χ0) is 13.8. The number of nitrogens with zero attached hydrogens (tertiary/aromatic N) is 3. The van der Waals surface area contributed by atoms with Crippen LogP contribution in [0.2, 0.25) is 0 Å². The molecule has 104 valence electrons. The van der Waals surface area contributed by atoms with Crippen LogP contribution in [0.15, 0.2) is 0 Å². The van der Waals surface area contributed by atoms with Crippen LogP contribution in [0.5, 0.6) is 0 Å². The van der Waals surface area contributed by atoms with Gasteiger partial charge in [0.05, 0.1) is 17.6 Å². The molecule has 8 nitrogen and oxygen atoms in total. The van der Waals surface area contributed by atoms with Crippen molar-refractivity contribution in [2.24, 2.45) is 0 Å². The van der Waals surface area contributed by atoms with Crippen molar-refractivity contribution >= 4 is 17.5 Å². The molecule has 0 bridgehead atoms. The highest BCUT2D eigenvalue weighted by molar-refractivity contribution is 5.61. The molecule has 1 aromatic heterocycles. The highest BCUT2D eigenvalue weighted by atomic mass is 16.6. The number of ether oxygens (including phenoxy) is 1. The molecule has 1 aromatic rings. The Bertz CT molecular complexity index is 474. The second kappa shape index (κ2) is 5.79. The number of aromatic nitrogens is 2. The maximum absolute atomic E-state index is 11.1. The Morgan fingerprint density at radius 3 is 2.89 bits per heavy atom. The lowest BCUT2D eigenvalue weighted by molar-refractivity contribution is -0.385. The molecule has 0 saturated carbocycles. The highest BCUT2D eigenvalue weighted by Gasteiger charge is 2.25. The summed E-state index contributed by atoms with van der Waals surface area (Å²) < 4.78 is 5.25. The largest absolute Gasteiger partial charge is 0.379 e. The van der Waals surface area contributed by atoms with Crippen LogP contribution in [0.1, 0.15) is 19.0 Å². The van der Waals surface area contributed by atoms with Gasteiger partial charge in [0.1, 0.15) is 5.69 Å². The van der Waals surface area contributed by atoms with Crippen LogP contribution >= 0.6 is 0 Å². The molecule has 0 aliphatic carbocycles. The molecule has 2 N–H and O–H groups in total. The SMILES string of the molecule is CCNc1nc(C)c([N+](=O)[O-])c(NC2CCOC2)n1. The van der Waals surface area contributed by atoms with E-state index in [-0.39, 0.29) is 17.5 Å². The molecule has 0 spiro atoms. The van der Waals surface area contributed by atoms with Gasteiger partial charge in [0.2, 0.25) is 11.8 Å². The van der Waals surface area contributed by atoms with Crippen molar-refractivity contribution in [3.8, 4) is 0 Å². The van der Waals surface area contributed by atoms with E-state index in [0.29, 0.717) is 31.4 Å². The predicted octanol–water partition coefficient (Wildman–Crippen LogP) is 1.33. The molecule has 0 radical (unpaired) electrons. The predicted molar refractivity (Wildman–Crippen MR) is 70.4 cm³/mol. The lowest BCUT2D eigenvalue weighted by Crippen LogP contribution is -2.21. The first-order valence-corrected chi connectivity index (χ1v) is 6.23. The van der Waals surface area contributed by atoms with Crippen molar-refractivity contribution < 1.29 is 9.66 Å². The first-order chi connectivity index (χ1) is 9.11. The zero-order valence-corrected chi connectivity index (χ0v) is 11.0. The normalized spacial score (nSPS) is 18.3. The van der Waals surface area contributed by atoms with Gasteiger partial charge in [0.15, 0.2) is 0 Å². The first kappa shape index (κ1) is 13.5. The molecular formula is C11H17N5O3. The van der Waals surface area contributed by atoms with Crippen molar-refractivity contribution in [1.82, 2.24) is 9.97 Å². The minimum atomic E-state index is -0.455. The van der Waals surface area contributed by atoms with E-state index in [1.54, 1.807) is 6.92 Å². The van der Waals surface area contributed by atoms with Gasteiger partial charge in [-0.2, -0.15) is 4.98 Å². The van der Waals surface area contributed by atoms with Crippen molar-refractivity contribution in [3.05, 3.63) is 15.8 Å². The fraction of sp³-hybridized carbons (Fsp3) is 0.636. The van der Waals surface area contributed by atoms with Gasteiger partial charge in [-0.15, -0.1) is 0 Å². The Hall–Kier alpha value is -1.96. The molecule has 0 aromatic carbocycles. The van der Waals surface area contributed by atoms with Gasteiger partial charge in [-0.25, -0.2) is 4.98 Å². The highest BCUT2D eigenvalue weighted by Crippen LogP contribution is 2.28. The lowest BCUT2D eigenvalue weighted by atomic mass is 10.2. The second-order valence-electron chi connectivity index (χ2n) is 4.32. The Balaban J connectivity index is 2.32. The van der Waals surface area contributed by atoms with Crippen LogP contribution in [-0.2, 0) is 4.74 Å². The summed E-state index contributed by atoms with van der Waals surface area (Å²) in [5.41, 5.74) is 0.269. The third kappa shape index (κ3) is 3.08. The average molecular weight is 267 g/mol. The van der Waals surface area contributed by atoms with Crippen LogP contribution < -0.4 is 10.6 Å². The topological polar surface area (TPSA) is 102 Å².